The van der Waals surface area contributed by atoms with E-state index >= 15 is 0 Å². The second-order valence-corrected chi connectivity index (χ2v) is 4.48. The molecule has 1 nitrogen and oxygen atoms in total. The summed E-state index contributed by atoms with van der Waals surface area (Å²) in [5.41, 5.74) is 4.47. The summed E-state index contributed by atoms with van der Waals surface area (Å²) in [6.45, 7) is 4.39. The SMILES string of the molecule is CC(C)c1ccccc1-c1ccc(C=O)cc1. The average molecular weight is 224 g/mol. The van der Waals surface area contributed by atoms with Gasteiger partial charge in [0.05, 0.1) is 0 Å². The van der Waals surface area contributed by atoms with Crippen LogP contribution in [-0.2, 0) is 0 Å². The van der Waals surface area contributed by atoms with Crippen LogP contribution < -0.4 is 0 Å². The molecule has 1 heteroatoms. The van der Waals surface area contributed by atoms with Crippen LogP contribution >= 0.6 is 0 Å². The fourth-order valence-electron chi connectivity index (χ4n) is 2.00. The van der Waals surface area contributed by atoms with Gasteiger partial charge in [0.2, 0.25) is 0 Å². The molecule has 17 heavy (non-hydrogen) atoms. The van der Waals surface area contributed by atoms with E-state index in [4.69, 9.17) is 0 Å². The number of carbonyl (C=O) groups is 1. The molecule has 0 heterocycles. The van der Waals surface area contributed by atoms with Crippen molar-refractivity contribution in [1.29, 1.82) is 0 Å². The summed E-state index contributed by atoms with van der Waals surface area (Å²) < 4.78 is 0. The lowest BCUT2D eigenvalue weighted by molar-refractivity contribution is 0.112. The van der Waals surface area contributed by atoms with Gasteiger partial charge in [0, 0.05) is 5.56 Å². The second kappa shape index (κ2) is 4.96. The van der Waals surface area contributed by atoms with Crippen LogP contribution in [0.2, 0.25) is 0 Å². The van der Waals surface area contributed by atoms with Gasteiger partial charge in [-0.25, -0.2) is 0 Å². The van der Waals surface area contributed by atoms with Crippen molar-refractivity contribution >= 4 is 6.29 Å². The molecule has 0 atom stereocenters. The zero-order valence-corrected chi connectivity index (χ0v) is 10.2. The van der Waals surface area contributed by atoms with Gasteiger partial charge in [-0.2, -0.15) is 0 Å². The summed E-state index contributed by atoms with van der Waals surface area (Å²) in [5, 5.41) is 0. The van der Waals surface area contributed by atoms with Crippen LogP contribution in [0.1, 0.15) is 35.7 Å². The normalized spacial score (nSPS) is 10.5. The number of hydrogen-bond donors (Lipinski definition) is 0. The monoisotopic (exact) mass is 224 g/mol. The molecule has 2 aromatic rings. The van der Waals surface area contributed by atoms with Crippen LogP contribution in [0, 0.1) is 0 Å². The van der Waals surface area contributed by atoms with Gasteiger partial charge in [0.1, 0.15) is 6.29 Å². The molecular weight excluding hydrogens is 208 g/mol. The maximum atomic E-state index is 10.6. The van der Waals surface area contributed by atoms with Gasteiger partial charge in [0.25, 0.3) is 0 Å². The summed E-state index contributed by atoms with van der Waals surface area (Å²) in [6.07, 6.45) is 0.873. The molecule has 0 saturated carbocycles. The molecule has 0 unspecified atom stereocenters. The van der Waals surface area contributed by atoms with Crippen molar-refractivity contribution in [3.05, 3.63) is 59.7 Å². The fourth-order valence-corrected chi connectivity index (χ4v) is 2.00. The van der Waals surface area contributed by atoms with Crippen LogP contribution in [0.3, 0.4) is 0 Å². The van der Waals surface area contributed by atoms with E-state index in [1.807, 2.05) is 24.3 Å². The summed E-state index contributed by atoms with van der Waals surface area (Å²) >= 11 is 0. The van der Waals surface area contributed by atoms with Crippen molar-refractivity contribution in [3.8, 4) is 11.1 Å². The molecule has 0 N–H and O–H groups in total. The van der Waals surface area contributed by atoms with Crippen LogP contribution in [0.5, 0.6) is 0 Å². The summed E-state index contributed by atoms with van der Waals surface area (Å²) in [7, 11) is 0. The standard InChI is InChI=1S/C16H16O/c1-12(2)15-5-3-4-6-16(15)14-9-7-13(11-17)8-10-14/h3-12H,1-2H3. The largest absolute Gasteiger partial charge is 0.298 e. The highest BCUT2D eigenvalue weighted by molar-refractivity contribution is 5.77. The number of benzene rings is 2. The Balaban J connectivity index is 2.48. The van der Waals surface area contributed by atoms with E-state index in [1.165, 1.54) is 16.7 Å². The number of carbonyl (C=O) groups excluding carboxylic acids is 1. The lowest BCUT2D eigenvalue weighted by atomic mass is 9.92. The smallest absolute Gasteiger partial charge is 0.150 e. The van der Waals surface area contributed by atoms with E-state index in [2.05, 4.69) is 38.1 Å². The molecule has 0 aromatic heterocycles. The lowest BCUT2D eigenvalue weighted by Gasteiger charge is -2.12. The first-order valence-corrected chi connectivity index (χ1v) is 5.87. The quantitative estimate of drug-likeness (QED) is 0.711. The Morgan fingerprint density at radius 2 is 1.59 bits per heavy atom. The van der Waals surface area contributed by atoms with Gasteiger partial charge in [-0.1, -0.05) is 62.4 Å². The van der Waals surface area contributed by atoms with Crippen molar-refractivity contribution in [3.63, 3.8) is 0 Å². The van der Waals surface area contributed by atoms with E-state index in [0.29, 0.717) is 5.92 Å². The van der Waals surface area contributed by atoms with Crippen LogP contribution in [0.4, 0.5) is 0 Å². The molecule has 2 rings (SSSR count). The molecule has 0 aliphatic rings. The minimum absolute atomic E-state index is 0.497. The Hall–Kier alpha value is -1.89. The van der Waals surface area contributed by atoms with E-state index in [-0.39, 0.29) is 0 Å². The zero-order valence-electron chi connectivity index (χ0n) is 10.2. The molecule has 0 saturated heterocycles. The molecule has 0 fully saturated rings. The Morgan fingerprint density at radius 1 is 0.941 bits per heavy atom. The van der Waals surface area contributed by atoms with E-state index in [9.17, 15) is 4.79 Å². The third-order valence-electron chi connectivity index (χ3n) is 2.94. The van der Waals surface area contributed by atoms with Gasteiger partial charge >= 0.3 is 0 Å². The Morgan fingerprint density at radius 3 is 2.18 bits per heavy atom. The lowest BCUT2D eigenvalue weighted by Crippen LogP contribution is -1.92. The Labute approximate surface area is 102 Å². The highest BCUT2D eigenvalue weighted by Gasteiger charge is 2.07. The first kappa shape index (κ1) is 11.6. The molecule has 0 aliphatic carbocycles. The number of aldehydes is 1. The van der Waals surface area contributed by atoms with Crippen LogP contribution in [-0.4, -0.2) is 6.29 Å². The predicted octanol–water partition coefficient (Wildman–Crippen LogP) is 4.29. The third-order valence-corrected chi connectivity index (χ3v) is 2.94. The topological polar surface area (TPSA) is 17.1 Å². The number of hydrogen-bond acceptors (Lipinski definition) is 1. The van der Waals surface area contributed by atoms with Crippen molar-refractivity contribution in [2.24, 2.45) is 0 Å². The molecule has 0 amide bonds. The minimum Gasteiger partial charge on any atom is -0.298 e. The molecule has 0 aliphatic heterocycles. The summed E-state index contributed by atoms with van der Waals surface area (Å²) in [5.74, 6) is 0.497. The predicted molar refractivity (Wildman–Crippen MR) is 71.4 cm³/mol. The molecule has 0 radical (unpaired) electrons. The molecule has 2 aromatic carbocycles. The molecular formula is C16H16O. The first-order valence-electron chi connectivity index (χ1n) is 5.87. The highest BCUT2D eigenvalue weighted by atomic mass is 16.1. The first-order chi connectivity index (χ1) is 8.22. The van der Waals surface area contributed by atoms with E-state index in [0.717, 1.165) is 11.8 Å². The Kier molecular flexibility index (Phi) is 3.38. The zero-order chi connectivity index (χ0) is 12.3. The van der Waals surface area contributed by atoms with Gasteiger partial charge in [0.15, 0.2) is 0 Å². The molecule has 0 spiro atoms. The van der Waals surface area contributed by atoms with Crippen LogP contribution in [0.15, 0.2) is 48.5 Å². The summed E-state index contributed by atoms with van der Waals surface area (Å²) in [4.78, 5) is 10.6. The van der Waals surface area contributed by atoms with Gasteiger partial charge in [-0.15, -0.1) is 0 Å². The fraction of sp³-hybridized carbons (Fsp3) is 0.188. The van der Waals surface area contributed by atoms with E-state index in [1.54, 1.807) is 0 Å². The van der Waals surface area contributed by atoms with Gasteiger partial charge in [-0.05, 0) is 22.6 Å². The molecule has 86 valence electrons. The third kappa shape index (κ3) is 2.44. The van der Waals surface area contributed by atoms with Gasteiger partial charge in [-0.3, -0.25) is 4.79 Å². The highest BCUT2D eigenvalue weighted by Crippen LogP contribution is 2.28. The minimum atomic E-state index is 0.497. The van der Waals surface area contributed by atoms with Crippen molar-refractivity contribution in [1.82, 2.24) is 0 Å². The average Bonchev–Trinajstić information content (AvgIpc) is 2.39. The van der Waals surface area contributed by atoms with Crippen LogP contribution in [0.25, 0.3) is 11.1 Å². The van der Waals surface area contributed by atoms with Crippen molar-refractivity contribution < 1.29 is 4.79 Å². The van der Waals surface area contributed by atoms with Gasteiger partial charge < -0.3 is 0 Å². The Bertz CT molecular complexity index is 509. The van der Waals surface area contributed by atoms with Crippen molar-refractivity contribution in [2.75, 3.05) is 0 Å². The maximum Gasteiger partial charge on any atom is 0.150 e. The molecule has 0 bridgehead atoms. The second-order valence-electron chi connectivity index (χ2n) is 4.48. The number of rotatable bonds is 3. The maximum absolute atomic E-state index is 10.6. The van der Waals surface area contributed by atoms with E-state index < -0.39 is 0 Å². The van der Waals surface area contributed by atoms with Crippen molar-refractivity contribution in [2.45, 2.75) is 19.8 Å². The summed E-state index contributed by atoms with van der Waals surface area (Å²) in [6, 6.07) is 16.1.